The van der Waals surface area contributed by atoms with Crippen molar-refractivity contribution < 1.29 is 0 Å². The average Bonchev–Trinajstić information content (AvgIpc) is 2.83. The van der Waals surface area contributed by atoms with Crippen LogP contribution in [0, 0.1) is 11.5 Å². The topological polar surface area (TPSA) is 39.9 Å². The smallest absolute Gasteiger partial charge is 0.196 e. The van der Waals surface area contributed by atoms with Gasteiger partial charge < -0.3 is 0 Å². The van der Waals surface area contributed by atoms with E-state index in [1.54, 1.807) is 16.1 Å². The fraction of sp³-hybridized carbons (Fsp3) is 0.125. The second-order valence-corrected chi connectivity index (χ2v) is 7.20. The molecule has 3 rings (SSSR count). The molecule has 2 aliphatic heterocycles. The van der Waals surface area contributed by atoms with E-state index in [1.165, 1.54) is 33.3 Å². The van der Waals surface area contributed by atoms with E-state index in [9.17, 15) is 0 Å². The maximum atomic E-state index is 9.00. The van der Waals surface area contributed by atoms with Crippen LogP contribution in [0.5, 0.6) is 0 Å². The van der Waals surface area contributed by atoms with Crippen LogP contribution >= 0.6 is 45.7 Å². The quantitative estimate of drug-likeness (QED) is 0.412. The largest absolute Gasteiger partial charge is 0.210 e. The molecule has 0 amide bonds. The van der Waals surface area contributed by atoms with Crippen molar-refractivity contribution in [3.05, 3.63) is 15.7 Å². The van der Waals surface area contributed by atoms with Gasteiger partial charge in [-0.3, -0.25) is 0 Å². The summed E-state index contributed by atoms with van der Waals surface area (Å²) >= 11 is 4.63. The van der Waals surface area contributed by atoms with Gasteiger partial charge in [0.2, 0.25) is 0 Å². The predicted molar refractivity (Wildman–Crippen MR) is 67.9 cm³/mol. The van der Waals surface area contributed by atoms with E-state index in [0.717, 1.165) is 10.0 Å². The fourth-order valence-electron chi connectivity index (χ4n) is 1.41. The first kappa shape index (κ1) is 9.78. The molecule has 0 aromatic carbocycles. The second-order valence-electron chi connectivity index (χ2n) is 2.88. The van der Waals surface area contributed by atoms with Gasteiger partial charge in [-0.25, -0.2) is 4.31 Å². The lowest BCUT2D eigenvalue weighted by Gasteiger charge is -2.19. The Morgan fingerprint density at radius 2 is 2.47 bits per heavy atom. The maximum absolute atomic E-state index is 9.00. The van der Waals surface area contributed by atoms with Crippen molar-refractivity contribution in [2.45, 2.75) is 9.92 Å². The van der Waals surface area contributed by atoms with Crippen LogP contribution in [0.15, 0.2) is 25.6 Å². The molecule has 1 atom stereocenters. The van der Waals surface area contributed by atoms with E-state index in [4.69, 9.17) is 5.26 Å². The molecule has 76 valence electrons. The number of fused-ring (bicyclic) bond motifs is 2. The molecule has 1 aromatic heterocycles. The first-order valence-corrected chi connectivity index (χ1v) is 8.16. The van der Waals surface area contributed by atoms with Crippen LogP contribution in [0.2, 0.25) is 0 Å². The minimum absolute atomic E-state index is 0.0113. The minimum Gasteiger partial charge on any atom is -0.210 e. The summed E-state index contributed by atoms with van der Waals surface area (Å²) in [6.45, 7) is 0. The van der Waals surface area contributed by atoms with E-state index in [0.29, 0.717) is 0 Å². The van der Waals surface area contributed by atoms with Crippen LogP contribution < -0.4 is 0 Å². The van der Waals surface area contributed by atoms with Gasteiger partial charge in [0, 0.05) is 15.7 Å². The molecule has 3 heterocycles. The standard InChI is InChI=1S/C8H5N3S4/c1-15-6-3-12-10-7(6)14-5-2-13-11(4-9)8(5)15/h2-3H,1H3. The number of aromatic nitrogens is 1. The Kier molecular flexibility index (Phi) is 2.32. The van der Waals surface area contributed by atoms with E-state index < -0.39 is 0 Å². The summed E-state index contributed by atoms with van der Waals surface area (Å²) in [7, 11) is -0.0113. The highest BCUT2D eigenvalue weighted by molar-refractivity contribution is 8.21. The van der Waals surface area contributed by atoms with Crippen molar-refractivity contribution in [1.29, 1.82) is 5.26 Å². The van der Waals surface area contributed by atoms with Crippen molar-refractivity contribution in [3.8, 4) is 6.19 Å². The summed E-state index contributed by atoms with van der Waals surface area (Å²) in [5, 5.41) is 14.2. The molecule has 0 spiro atoms. The van der Waals surface area contributed by atoms with Crippen LogP contribution in [0.4, 0.5) is 0 Å². The maximum Gasteiger partial charge on any atom is 0.196 e. The zero-order chi connectivity index (χ0) is 10.4. The summed E-state index contributed by atoms with van der Waals surface area (Å²) in [6, 6.07) is 0. The van der Waals surface area contributed by atoms with Gasteiger partial charge >= 0.3 is 0 Å². The van der Waals surface area contributed by atoms with Crippen molar-refractivity contribution in [3.63, 3.8) is 0 Å². The van der Waals surface area contributed by atoms with E-state index in [2.05, 4.69) is 22.2 Å². The summed E-state index contributed by atoms with van der Waals surface area (Å²) in [4.78, 5) is 3.60. The third kappa shape index (κ3) is 1.36. The Morgan fingerprint density at radius 1 is 1.60 bits per heavy atom. The van der Waals surface area contributed by atoms with Gasteiger partial charge in [0.1, 0.15) is 10.0 Å². The number of rotatable bonds is 0. The van der Waals surface area contributed by atoms with Crippen LogP contribution in [0.25, 0.3) is 0 Å². The zero-order valence-electron chi connectivity index (χ0n) is 7.63. The highest BCUT2D eigenvalue weighted by Crippen LogP contribution is 2.50. The monoisotopic (exact) mass is 271 g/mol. The number of hydrogen-bond donors (Lipinski definition) is 0. The summed E-state index contributed by atoms with van der Waals surface area (Å²) in [5.74, 6) is 0. The Bertz CT molecular complexity index is 536. The molecule has 0 saturated carbocycles. The van der Waals surface area contributed by atoms with Crippen molar-refractivity contribution >= 4 is 50.7 Å². The highest BCUT2D eigenvalue weighted by atomic mass is 32.2. The Labute approximate surface area is 102 Å². The number of thioether (sulfide) groups is 1. The lowest BCUT2D eigenvalue weighted by molar-refractivity contribution is 0.989. The van der Waals surface area contributed by atoms with Crippen molar-refractivity contribution in [2.75, 3.05) is 6.26 Å². The highest BCUT2D eigenvalue weighted by Gasteiger charge is 2.30. The van der Waals surface area contributed by atoms with Gasteiger partial charge in [0.25, 0.3) is 0 Å². The molecule has 0 bridgehead atoms. The zero-order valence-corrected chi connectivity index (χ0v) is 10.9. The summed E-state index contributed by atoms with van der Waals surface area (Å²) in [6.07, 6.45) is 4.36. The molecule has 1 unspecified atom stereocenters. The van der Waals surface area contributed by atoms with Crippen LogP contribution in [0.1, 0.15) is 0 Å². The second kappa shape index (κ2) is 3.56. The van der Waals surface area contributed by atoms with Crippen molar-refractivity contribution in [2.24, 2.45) is 0 Å². The Balaban J connectivity index is 2.22. The molecular formula is C8H5N3S4. The molecule has 0 aliphatic carbocycles. The molecule has 7 heteroatoms. The average molecular weight is 271 g/mol. The molecule has 15 heavy (non-hydrogen) atoms. The minimum atomic E-state index is -0.0113. The summed E-state index contributed by atoms with van der Waals surface area (Å²) < 4.78 is 6.07. The molecule has 3 nitrogen and oxygen atoms in total. The normalized spacial score (nSPS) is 23.2. The number of nitriles is 1. The predicted octanol–water partition coefficient (Wildman–Crippen LogP) is 2.92. The molecule has 1 aromatic rings. The Morgan fingerprint density at radius 3 is 3.27 bits per heavy atom. The SMILES string of the molecule is CS1=C2C(=CSN2C#N)Sc2nscc21. The van der Waals surface area contributed by atoms with Gasteiger partial charge in [-0.1, -0.05) is 11.8 Å². The van der Waals surface area contributed by atoms with E-state index in [1.807, 2.05) is 5.41 Å². The van der Waals surface area contributed by atoms with Gasteiger partial charge in [0.15, 0.2) is 6.19 Å². The van der Waals surface area contributed by atoms with E-state index in [-0.39, 0.29) is 10.5 Å². The third-order valence-corrected chi connectivity index (χ3v) is 7.31. The molecule has 0 saturated heterocycles. The molecule has 0 radical (unpaired) electrons. The lowest BCUT2D eigenvalue weighted by atomic mass is 10.6. The van der Waals surface area contributed by atoms with Gasteiger partial charge in [-0.2, -0.15) is 9.64 Å². The number of hydrogen-bond acceptors (Lipinski definition) is 6. The van der Waals surface area contributed by atoms with Crippen LogP contribution in [-0.4, -0.2) is 19.9 Å². The molecule has 0 fully saturated rings. The Hall–Kier alpha value is -0.420. The van der Waals surface area contributed by atoms with Gasteiger partial charge in [0.05, 0.1) is 4.91 Å². The molecule has 0 N–H and O–H groups in total. The van der Waals surface area contributed by atoms with Crippen LogP contribution in [0.3, 0.4) is 0 Å². The fourth-order valence-corrected chi connectivity index (χ4v) is 7.16. The summed E-state index contributed by atoms with van der Waals surface area (Å²) in [5.41, 5.74) is 0. The first-order chi connectivity index (χ1) is 7.31. The van der Waals surface area contributed by atoms with Crippen molar-refractivity contribution in [1.82, 2.24) is 8.68 Å². The van der Waals surface area contributed by atoms with Gasteiger partial charge in [-0.05, 0) is 29.7 Å². The third-order valence-electron chi connectivity index (χ3n) is 2.08. The van der Waals surface area contributed by atoms with Gasteiger partial charge in [-0.15, -0.1) is 10.5 Å². The number of nitrogens with zero attached hydrogens (tertiary/aromatic N) is 3. The van der Waals surface area contributed by atoms with Crippen LogP contribution in [-0.2, 0) is 0 Å². The van der Waals surface area contributed by atoms with E-state index >= 15 is 0 Å². The first-order valence-electron chi connectivity index (χ1n) is 4.03. The molecular weight excluding hydrogens is 266 g/mol. The molecule has 2 aliphatic rings. The lowest BCUT2D eigenvalue weighted by Crippen LogP contribution is -2.16.